The van der Waals surface area contributed by atoms with Crippen LogP contribution >= 0.6 is 0 Å². The quantitative estimate of drug-likeness (QED) is 0.0975. The maximum Gasteiger partial charge on any atom is 0.500 e. The van der Waals surface area contributed by atoms with E-state index >= 15 is 0 Å². The molecule has 0 spiro atoms. The van der Waals surface area contributed by atoms with E-state index < -0.39 is 8.80 Å². The van der Waals surface area contributed by atoms with Crippen LogP contribution in [-0.4, -0.2) is 52.5 Å². The van der Waals surface area contributed by atoms with Crippen LogP contribution in [0.25, 0.3) is 0 Å². The first-order valence-corrected chi connectivity index (χ1v) is 16.2. The topological polar surface area (TPSA) is 48.0 Å². The smallest absolute Gasteiger partial charge is 0.374 e. The van der Waals surface area contributed by atoms with Crippen molar-refractivity contribution in [2.24, 2.45) is 0 Å². The summed E-state index contributed by atoms with van der Waals surface area (Å²) in [4.78, 5) is 15.2. The standard InChI is InChI=1S/C27H57NO4Si/c1-6-11-13-15-17-20-24-28(25-21-18-16-14-12-7-2)27(29)23-19-22-26-33(30-8-3,31-9-4)32-10-5/h6-26H2,1-5H3. The maximum absolute atomic E-state index is 13.0. The Bertz CT molecular complexity index is 403. The summed E-state index contributed by atoms with van der Waals surface area (Å²) in [7, 11) is -2.59. The summed E-state index contributed by atoms with van der Waals surface area (Å²) in [6.45, 7) is 14.2. The predicted octanol–water partition coefficient (Wildman–Crippen LogP) is 7.75. The molecule has 0 radical (unpaired) electrons. The molecule has 5 nitrogen and oxygen atoms in total. The number of carbonyl (C=O) groups is 1. The van der Waals surface area contributed by atoms with E-state index in [0.717, 1.165) is 44.8 Å². The van der Waals surface area contributed by atoms with E-state index in [1.165, 1.54) is 64.2 Å². The Labute approximate surface area is 207 Å². The third-order valence-electron chi connectivity index (χ3n) is 6.13. The highest BCUT2D eigenvalue weighted by Crippen LogP contribution is 2.20. The molecule has 33 heavy (non-hydrogen) atoms. The zero-order valence-corrected chi connectivity index (χ0v) is 23.9. The van der Waals surface area contributed by atoms with Crippen LogP contribution in [-0.2, 0) is 18.1 Å². The van der Waals surface area contributed by atoms with Crippen molar-refractivity contribution in [2.75, 3.05) is 32.9 Å². The summed E-state index contributed by atoms with van der Waals surface area (Å²) in [6, 6.07) is 0.796. The molecule has 0 atom stereocenters. The second kappa shape index (κ2) is 23.3. The summed E-state index contributed by atoms with van der Waals surface area (Å²) in [6.07, 6.45) is 17.7. The fourth-order valence-electron chi connectivity index (χ4n) is 4.30. The molecule has 0 rings (SSSR count). The van der Waals surface area contributed by atoms with Crippen LogP contribution in [0.4, 0.5) is 0 Å². The van der Waals surface area contributed by atoms with Gasteiger partial charge in [0.15, 0.2) is 0 Å². The van der Waals surface area contributed by atoms with Gasteiger partial charge in [0, 0.05) is 45.4 Å². The van der Waals surface area contributed by atoms with Gasteiger partial charge in [0.25, 0.3) is 0 Å². The molecule has 0 saturated heterocycles. The fraction of sp³-hybridized carbons (Fsp3) is 0.963. The van der Waals surface area contributed by atoms with Gasteiger partial charge in [-0.05, 0) is 46.5 Å². The molecule has 0 aliphatic carbocycles. The van der Waals surface area contributed by atoms with E-state index in [-0.39, 0.29) is 0 Å². The van der Waals surface area contributed by atoms with Crippen molar-refractivity contribution in [3.05, 3.63) is 0 Å². The molecular weight excluding hydrogens is 430 g/mol. The molecule has 6 heteroatoms. The number of hydrogen-bond donors (Lipinski definition) is 0. The number of amides is 1. The van der Waals surface area contributed by atoms with Crippen LogP contribution in [0.2, 0.25) is 6.04 Å². The first-order chi connectivity index (χ1) is 16.1. The lowest BCUT2D eigenvalue weighted by molar-refractivity contribution is -0.131. The van der Waals surface area contributed by atoms with Gasteiger partial charge in [-0.2, -0.15) is 0 Å². The highest BCUT2D eigenvalue weighted by molar-refractivity contribution is 6.60. The lowest BCUT2D eigenvalue weighted by Crippen LogP contribution is -2.45. The number of carbonyl (C=O) groups excluding carboxylic acids is 1. The highest BCUT2D eigenvalue weighted by atomic mass is 28.4. The average Bonchev–Trinajstić information content (AvgIpc) is 2.80. The Balaban J connectivity index is 4.52. The van der Waals surface area contributed by atoms with Gasteiger partial charge in [-0.3, -0.25) is 4.79 Å². The number of rotatable bonds is 25. The predicted molar refractivity (Wildman–Crippen MR) is 143 cm³/mol. The molecule has 0 unspecified atom stereocenters. The van der Waals surface area contributed by atoms with E-state index in [4.69, 9.17) is 13.3 Å². The minimum Gasteiger partial charge on any atom is -0.374 e. The van der Waals surface area contributed by atoms with E-state index in [1.54, 1.807) is 0 Å². The number of nitrogens with zero attached hydrogens (tertiary/aromatic N) is 1. The van der Waals surface area contributed by atoms with Crippen molar-refractivity contribution in [1.82, 2.24) is 4.90 Å². The van der Waals surface area contributed by atoms with Crippen molar-refractivity contribution < 1.29 is 18.1 Å². The van der Waals surface area contributed by atoms with Crippen LogP contribution in [0, 0.1) is 0 Å². The monoisotopic (exact) mass is 487 g/mol. The molecule has 1 amide bonds. The second-order valence-electron chi connectivity index (χ2n) is 9.11. The van der Waals surface area contributed by atoms with E-state index in [0.29, 0.717) is 32.1 Å². The molecule has 0 fully saturated rings. The van der Waals surface area contributed by atoms with Crippen molar-refractivity contribution in [3.63, 3.8) is 0 Å². The summed E-state index contributed by atoms with van der Waals surface area (Å²) < 4.78 is 17.9. The third kappa shape index (κ3) is 17.6. The molecule has 0 heterocycles. The minimum absolute atomic E-state index is 0.327. The molecule has 0 saturated carbocycles. The normalized spacial score (nSPS) is 11.8. The zero-order chi connectivity index (χ0) is 24.6. The third-order valence-corrected chi connectivity index (χ3v) is 9.28. The largest absolute Gasteiger partial charge is 0.500 e. The van der Waals surface area contributed by atoms with Gasteiger partial charge in [-0.25, -0.2) is 0 Å². The summed E-state index contributed by atoms with van der Waals surface area (Å²) >= 11 is 0. The Hall–Kier alpha value is -0.433. The second-order valence-corrected chi connectivity index (χ2v) is 11.8. The van der Waals surface area contributed by atoms with Gasteiger partial charge in [0.1, 0.15) is 0 Å². The summed E-state index contributed by atoms with van der Waals surface area (Å²) in [5.41, 5.74) is 0. The van der Waals surface area contributed by atoms with Crippen LogP contribution in [0.3, 0.4) is 0 Å². The minimum atomic E-state index is -2.59. The molecule has 198 valence electrons. The Morgan fingerprint density at radius 1 is 0.576 bits per heavy atom. The lowest BCUT2D eigenvalue weighted by Gasteiger charge is -2.28. The van der Waals surface area contributed by atoms with Gasteiger partial charge in [-0.1, -0.05) is 78.1 Å². The lowest BCUT2D eigenvalue weighted by atomic mass is 10.1. The van der Waals surface area contributed by atoms with Crippen LogP contribution in [0.15, 0.2) is 0 Å². The SMILES string of the molecule is CCCCCCCCN(CCCCCCCC)C(=O)CCCC[Si](OCC)(OCC)OCC. The highest BCUT2D eigenvalue weighted by Gasteiger charge is 2.39. The molecule has 0 N–H and O–H groups in total. The van der Waals surface area contributed by atoms with Gasteiger partial charge in [0.05, 0.1) is 0 Å². The van der Waals surface area contributed by atoms with E-state index in [9.17, 15) is 4.79 Å². The number of unbranched alkanes of at least 4 members (excludes halogenated alkanes) is 11. The Morgan fingerprint density at radius 3 is 1.42 bits per heavy atom. The molecule has 0 aliphatic heterocycles. The Kier molecular flexibility index (Phi) is 23.0. The van der Waals surface area contributed by atoms with Crippen LogP contribution < -0.4 is 0 Å². The van der Waals surface area contributed by atoms with Gasteiger partial charge < -0.3 is 18.2 Å². The molecule has 0 aromatic rings. The maximum atomic E-state index is 13.0. The summed E-state index contributed by atoms with van der Waals surface area (Å²) in [5.74, 6) is 0.327. The molecule has 0 aromatic heterocycles. The summed E-state index contributed by atoms with van der Waals surface area (Å²) in [5, 5.41) is 0. The van der Waals surface area contributed by atoms with Crippen molar-refractivity contribution in [2.45, 2.75) is 137 Å². The van der Waals surface area contributed by atoms with Gasteiger partial charge in [-0.15, -0.1) is 0 Å². The number of hydrogen-bond acceptors (Lipinski definition) is 4. The molecule has 0 aliphatic rings. The van der Waals surface area contributed by atoms with Crippen molar-refractivity contribution in [1.29, 1.82) is 0 Å². The average molecular weight is 488 g/mol. The molecule has 0 bridgehead atoms. The van der Waals surface area contributed by atoms with E-state index in [2.05, 4.69) is 18.7 Å². The van der Waals surface area contributed by atoms with Crippen molar-refractivity contribution >= 4 is 14.7 Å². The zero-order valence-electron chi connectivity index (χ0n) is 22.9. The van der Waals surface area contributed by atoms with Crippen LogP contribution in [0.5, 0.6) is 0 Å². The van der Waals surface area contributed by atoms with Gasteiger partial charge >= 0.3 is 8.80 Å². The molecular formula is C27H57NO4Si. The van der Waals surface area contributed by atoms with E-state index in [1.807, 2.05) is 20.8 Å². The van der Waals surface area contributed by atoms with Crippen LogP contribution in [0.1, 0.15) is 131 Å². The van der Waals surface area contributed by atoms with Gasteiger partial charge in [0.2, 0.25) is 5.91 Å². The Morgan fingerprint density at radius 2 is 1.00 bits per heavy atom. The van der Waals surface area contributed by atoms with Crippen molar-refractivity contribution in [3.8, 4) is 0 Å². The first-order valence-electron chi connectivity index (χ1n) is 14.3. The first kappa shape index (κ1) is 32.6. The fourth-order valence-corrected chi connectivity index (χ4v) is 6.99. The molecule has 0 aromatic carbocycles.